The maximum atomic E-state index is 13.0. The summed E-state index contributed by atoms with van der Waals surface area (Å²) in [5, 5.41) is 0.626. The fourth-order valence-electron chi connectivity index (χ4n) is 3.88. The van der Waals surface area contributed by atoms with E-state index in [0.29, 0.717) is 6.42 Å². The molecule has 0 bridgehead atoms. The lowest BCUT2D eigenvalue weighted by atomic mass is 9.85. The van der Waals surface area contributed by atoms with Crippen molar-refractivity contribution in [1.29, 1.82) is 0 Å². The second kappa shape index (κ2) is 6.57. The van der Waals surface area contributed by atoms with E-state index < -0.39 is 23.6 Å². The predicted octanol–water partition coefficient (Wildman–Crippen LogP) is 4.16. The minimum Gasteiger partial charge on any atom is -0.275 e. The van der Waals surface area contributed by atoms with Crippen LogP contribution in [0.4, 0.5) is 0 Å². The zero-order valence-electron chi connectivity index (χ0n) is 15.3. The Hall–Kier alpha value is -2.44. The van der Waals surface area contributed by atoms with Crippen molar-refractivity contribution in [3.8, 4) is 0 Å². The van der Waals surface area contributed by atoms with Gasteiger partial charge in [-0.15, -0.1) is 0 Å². The minimum absolute atomic E-state index is 0.0751. The molecule has 6 nitrogen and oxygen atoms in total. The van der Waals surface area contributed by atoms with Crippen LogP contribution >= 0.6 is 23.2 Å². The predicted molar refractivity (Wildman–Crippen MR) is 105 cm³/mol. The molecule has 2 aromatic rings. The Labute approximate surface area is 171 Å². The van der Waals surface area contributed by atoms with E-state index in [4.69, 9.17) is 23.2 Å². The van der Waals surface area contributed by atoms with Gasteiger partial charge in [0.15, 0.2) is 0 Å². The Balaban J connectivity index is 2.11. The first-order valence-electron chi connectivity index (χ1n) is 9.04. The molecule has 8 heteroatoms. The van der Waals surface area contributed by atoms with Crippen molar-refractivity contribution in [3.63, 3.8) is 0 Å². The van der Waals surface area contributed by atoms with Crippen LogP contribution in [0.3, 0.4) is 0 Å². The quantitative estimate of drug-likeness (QED) is 0.698. The average molecular weight is 419 g/mol. The number of unbranched alkanes of at least 4 members (excludes halogenated alkanes) is 1. The molecule has 28 heavy (non-hydrogen) atoms. The van der Waals surface area contributed by atoms with E-state index in [-0.39, 0.29) is 56.2 Å². The summed E-state index contributed by atoms with van der Waals surface area (Å²) < 4.78 is 0. The van der Waals surface area contributed by atoms with Crippen molar-refractivity contribution in [1.82, 2.24) is 9.80 Å². The molecule has 4 rings (SSSR count). The minimum atomic E-state index is -0.543. The lowest BCUT2D eigenvalue weighted by Crippen LogP contribution is -2.43. The Morgan fingerprint density at radius 2 is 1.21 bits per heavy atom. The van der Waals surface area contributed by atoms with E-state index in [2.05, 4.69) is 0 Å². The number of hydrogen-bond donors (Lipinski definition) is 0. The maximum Gasteiger partial charge on any atom is 0.262 e. The van der Waals surface area contributed by atoms with E-state index >= 15 is 0 Å². The van der Waals surface area contributed by atoms with E-state index in [9.17, 15) is 19.2 Å². The molecule has 0 radical (unpaired) electrons. The molecule has 0 atom stereocenters. The second-order valence-electron chi connectivity index (χ2n) is 6.78. The smallest absolute Gasteiger partial charge is 0.262 e. The normalized spacial score (nSPS) is 15.9. The van der Waals surface area contributed by atoms with Crippen molar-refractivity contribution in [3.05, 3.63) is 44.4 Å². The summed E-state index contributed by atoms with van der Waals surface area (Å²) in [7, 11) is 0. The van der Waals surface area contributed by atoms with Gasteiger partial charge in [-0.05, 0) is 25.5 Å². The van der Waals surface area contributed by atoms with Crippen molar-refractivity contribution in [2.45, 2.75) is 26.7 Å². The number of halogens is 2. The number of rotatable bonds is 4. The van der Waals surface area contributed by atoms with Gasteiger partial charge in [-0.2, -0.15) is 0 Å². The molecule has 144 valence electrons. The van der Waals surface area contributed by atoms with E-state index in [1.54, 1.807) is 6.92 Å². The molecule has 0 N–H and O–H groups in total. The molecule has 0 aromatic heterocycles. The van der Waals surface area contributed by atoms with Crippen LogP contribution in [-0.4, -0.2) is 46.5 Å². The van der Waals surface area contributed by atoms with Gasteiger partial charge in [-0.1, -0.05) is 36.5 Å². The zero-order chi connectivity index (χ0) is 20.3. The first kappa shape index (κ1) is 18.9. The van der Waals surface area contributed by atoms with Crippen LogP contribution < -0.4 is 0 Å². The second-order valence-corrected chi connectivity index (χ2v) is 7.60. The third-order valence-electron chi connectivity index (χ3n) is 5.23. The van der Waals surface area contributed by atoms with Gasteiger partial charge >= 0.3 is 0 Å². The zero-order valence-corrected chi connectivity index (χ0v) is 16.8. The fraction of sp³-hybridized carbons (Fsp3) is 0.300. The summed E-state index contributed by atoms with van der Waals surface area (Å²) in [6, 6.07) is 2.80. The highest BCUT2D eigenvalue weighted by Crippen LogP contribution is 2.43. The molecule has 2 aliphatic heterocycles. The molecule has 0 unspecified atom stereocenters. The highest BCUT2D eigenvalue weighted by Gasteiger charge is 2.41. The summed E-state index contributed by atoms with van der Waals surface area (Å²) in [6.07, 6.45) is 1.46. The summed E-state index contributed by atoms with van der Waals surface area (Å²) >= 11 is 12.8. The van der Waals surface area contributed by atoms with Gasteiger partial charge in [-0.25, -0.2) is 0 Å². The topological polar surface area (TPSA) is 74.8 Å². The molecule has 2 aromatic carbocycles. The number of nitrogens with zero attached hydrogens (tertiary/aromatic N) is 2. The maximum absolute atomic E-state index is 13.0. The van der Waals surface area contributed by atoms with Crippen LogP contribution in [0.1, 0.15) is 68.1 Å². The molecule has 0 aliphatic carbocycles. The lowest BCUT2D eigenvalue weighted by molar-refractivity contribution is 0.0591. The number of hydrogen-bond acceptors (Lipinski definition) is 4. The number of imide groups is 2. The van der Waals surface area contributed by atoms with E-state index in [0.717, 1.165) is 16.2 Å². The number of benzene rings is 2. The van der Waals surface area contributed by atoms with Gasteiger partial charge in [-0.3, -0.25) is 29.0 Å². The molecule has 4 amide bonds. The highest BCUT2D eigenvalue weighted by molar-refractivity contribution is 6.44. The van der Waals surface area contributed by atoms with Crippen LogP contribution in [0.2, 0.25) is 10.0 Å². The molecule has 2 aliphatic rings. The average Bonchev–Trinajstić information content (AvgIpc) is 2.65. The van der Waals surface area contributed by atoms with Crippen LogP contribution in [0.5, 0.6) is 0 Å². The number of carbonyl (C=O) groups is 4. The molecule has 0 saturated heterocycles. The monoisotopic (exact) mass is 418 g/mol. The summed E-state index contributed by atoms with van der Waals surface area (Å²) in [5.41, 5.74) is 0.613. The van der Waals surface area contributed by atoms with Crippen LogP contribution in [-0.2, 0) is 0 Å². The van der Waals surface area contributed by atoms with Gasteiger partial charge in [0.05, 0.1) is 32.3 Å². The Morgan fingerprint density at radius 3 is 1.68 bits per heavy atom. The van der Waals surface area contributed by atoms with Crippen molar-refractivity contribution >= 4 is 57.6 Å². The Morgan fingerprint density at radius 1 is 0.750 bits per heavy atom. The summed E-state index contributed by atoms with van der Waals surface area (Å²) in [6.45, 7) is 4.06. The molecule has 0 saturated carbocycles. The van der Waals surface area contributed by atoms with Crippen molar-refractivity contribution in [2.24, 2.45) is 0 Å². The molecular weight excluding hydrogens is 403 g/mol. The first-order valence-corrected chi connectivity index (χ1v) is 9.80. The van der Waals surface area contributed by atoms with Gasteiger partial charge in [0.25, 0.3) is 23.6 Å². The molecule has 0 fully saturated rings. The standard InChI is InChI=1S/C20H16Cl2N2O4/c1-3-5-6-24-18(26)10-8-11(21)15-13-9(17(25)23(4-2)19(15)27)7-12(22)16(14(10)13)20(24)28/h7-8H,3-6H2,1-2H3. The SMILES string of the molecule is CCCCN1C(=O)c2cc(Cl)c3c4c(cc(Cl)c(c24)C1=O)C(=O)N(CC)C3=O. The first-order chi connectivity index (χ1) is 13.3. The summed E-state index contributed by atoms with van der Waals surface area (Å²) in [4.78, 5) is 54.0. The van der Waals surface area contributed by atoms with Crippen molar-refractivity contribution < 1.29 is 19.2 Å². The van der Waals surface area contributed by atoms with Crippen LogP contribution in [0, 0.1) is 0 Å². The van der Waals surface area contributed by atoms with Crippen molar-refractivity contribution in [2.75, 3.05) is 13.1 Å². The molecule has 2 heterocycles. The Bertz CT molecular complexity index is 1110. The third-order valence-corrected chi connectivity index (χ3v) is 5.83. The van der Waals surface area contributed by atoms with Gasteiger partial charge in [0, 0.05) is 23.9 Å². The van der Waals surface area contributed by atoms with E-state index in [1.807, 2.05) is 6.92 Å². The fourth-order valence-corrected chi connectivity index (χ4v) is 4.45. The lowest BCUT2D eigenvalue weighted by Gasteiger charge is -2.32. The number of carbonyl (C=O) groups excluding carboxylic acids is 4. The van der Waals surface area contributed by atoms with Gasteiger partial charge in [0.1, 0.15) is 0 Å². The van der Waals surface area contributed by atoms with E-state index in [1.165, 1.54) is 12.1 Å². The Kier molecular flexibility index (Phi) is 4.43. The van der Waals surface area contributed by atoms with Crippen LogP contribution in [0.15, 0.2) is 12.1 Å². The van der Waals surface area contributed by atoms with Gasteiger partial charge < -0.3 is 0 Å². The third kappa shape index (κ3) is 2.34. The largest absolute Gasteiger partial charge is 0.275 e. The molecule has 0 spiro atoms. The summed E-state index contributed by atoms with van der Waals surface area (Å²) in [5.74, 6) is -2.08. The van der Waals surface area contributed by atoms with Crippen LogP contribution in [0.25, 0.3) is 10.8 Å². The highest BCUT2D eigenvalue weighted by atomic mass is 35.5. The molecular formula is C20H16Cl2N2O4. The number of amides is 4. The van der Waals surface area contributed by atoms with Gasteiger partial charge in [0.2, 0.25) is 0 Å².